The van der Waals surface area contributed by atoms with Crippen LogP contribution < -0.4 is 0 Å². The van der Waals surface area contributed by atoms with Crippen molar-refractivity contribution in [2.75, 3.05) is 0 Å². The van der Waals surface area contributed by atoms with E-state index in [2.05, 4.69) is 4.98 Å². The molecule has 6 heteroatoms. The number of benzene rings is 1. The van der Waals surface area contributed by atoms with Gasteiger partial charge in [0.25, 0.3) is 0 Å². The molecule has 0 radical (unpaired) electrons. The van der Waals surface area contributed by atoms with Crippen molar-refractivity contribution in [3.05, 3.63) is 53.6 Å². The highest BCUT2D eigenvalue weighted by Crippen LogP contribution is 2.30. The average molecular weight is 298 g/mol. The number of aromatic nitrogens is 2. The van der Waals surface area contributed by atoms with E-state index in [1.165, 1.54) is 12.1 Å². The first-order valence-corrected chi connectivity index (χ1v) is 6.65. The standard InChI is InChI=1S/C15H17F3N2O/c1-10(2)20-9-19-8-13(20)14(21)7-11-3-5-12(6-4-11)15(16,17)18/h3-6,8-10,14,21H,7H2,1-2H3. The fourth-order valence-electron chi connectivity index (χ4n) is 2.16. The van der Waals surface area contributed by atoms with Gasteiger partial charge < -0.3 is 9.67 Å². The van der Waals surface area contributed by atoms with E-state index in [1.807, 2.05) is 18.4 Å². The van der Waals surface area contributed by atoms with Gasteiger partial charge in [-0.25, -0.2) is 4.98 Å². The molecule has 0 saturated carbocycles. The van der Waals surface area contributed by atoms with Gasteiger partial charge in [-0.05, 0) is 31.5 Å². The Kier molecular flexibility index (Phi) is 4.37. The van der Waals surface area contributed by atoms with Gasteiger partial charge in [0.15, 0.2) is 0 Å². The van der Waals surface area contributed by atoms with Crippen molar-refractivity contribution in [3.8, 4) is 0 Å². The Morgan fingerprint density at radius 3 is 2.33 bits per heavy atom. The van der Waals surface area contributed by atoms with Crippen LogP contribution in [0.15, 0.2) is 36.8 Å². The van der Waals surface area contributed by atoms with Crippen molar-refractivity contribution in [1.29, 1.82) is 0 Å². The molecule has 2 rings (SSSR count). The Morgan fingerprint density at radius 2 is 1.81 bits per heavy atom. The number of rotatable bonds is 4. The Bertz CT molecular complexity index is 588. The van der Waals surface area contributed by atoms with E-state index in [0.29, 0.717) is 11.3 Å². The van der Waals surface area contributed by atoms with Crippen LogP contribution >= 0.6 is 0 Å². The topological polar surface area (TPSA) is 38.0 Å². The largest absolute Gasteiger partial charge is 0.416 e. The molecule has 0 fully saturated rings. The molecule has 1 aromatic heterocycles. The van der Waals surface area contributed by atoms with Gasteiger partial charge in [0.2, 0.25) is 0 Å². The molecule has 1 N–H and O–H groups in total. The maximum atomic E-state index is 12.5. The molecule has 0 spiro atoms. The van der Waals surface area contributed by atoms with Crippen molar-refractivity contribution in [2.24, 2.45) is 0 Å². The predicted molar refractivity (Wildman–Crippen MR) is 72.7 cm³/mol. The second kappa shape index (κ2) is 5.89. The summed E-state index contributed by atoms with van der Waals surface area (Å²) < 4.78 is 39.3. The number of alkyl halides is 3. The second-order valence-electron chi connectivity index (χ2n) is 5.23. The quantitative estimate of drug-likeness (QED) is 0.933. The van der Waals surface area contributed by atoms with Gasteiger partial charge in [0.1, 0.15) is 0 Å². The first-order chi connectivity index (χ1) is 9.79. The number of aliphatic hydroxyl groups is 1. The van der Waals surface area contributed by atoms with Crippen LogP contribution in [0, 0.1) is 0 Å². The highest BCUT2D eigenvalue weighted by molar-refractivity contribution is 5.25. The number of halogens is 3. The highest BCUT2D eigenvalue weighted by Gasteiger charge is 2.30. The molecule has 0 amide bonds. The van der Waals surface area contributed by atoms with Crippen molar-refractivity contribution in [3.63, 3.8) is 0 Å². The summed E-state index contributed by atoms with van der Waals surface area (Å²) >= 11 is 0. The summed E-state index contributed by atoms with van der Waals surface area (Å²) in [6, 6.07) is 5.00. The van der Waals surface area contributed by atoms with Crippen LogP contribution in [0.25, 0.3) is 0 Å². The van der Waals surface area contributed by atoms with E-state index in [0.717, 1.165) is 12.1 Å². The number of nitrogens with zero attached hydrogens (tertiary/aromatic N) is 2. The molecular weight excluding hydrogens is 281 g/mol. The minimum absolute atomic E-state index is 0.157. The van der Waals surface area contributed by atoms with Crippen molar-refractivity contribution in [2.45, 2.75) is 38.6 Å². The van der Waals surface area contributed by atoms with Crippen molar-refractivity contribution >= 4 is 0 Å². The van der Waals surface area contributed by atoms with Gasteiger partial charge in [0.05, 0.1) is 29.9 Å². The van der Waals surface area contributed by atoms with Crippen molar-refractivity contribution < 1.29 is 18.3 Å². The molecule has 2 aromatic rings. The van der Waals surface area contributed by atoms with Crippen LogP contribution in [0.4, 0.5) is 13.2 Å². The number of imidazole rings is 1. The van der Waals surface area contributed by atoms with Crippen LogP contribution in [0.1, 0.15) is 42.8 Å². The van der Waals surface area contributed by atoms with Gasteiger partial charge in [-0.15, -0.1) is 0 Å². The summed E-state index contributed by atoms with van der Waals surface area (Å²) in [5.74, 6) is 0. The van der Waals surface area contributed by atoms with E-state index >= 15 is 0 Å². The van der Waals surface area contributed by atoms with Crippen LogP contribution in [0.3, 0.4) is 0 Å². The van der Waals surface area contributed by atoms with E-state index in [4.69, 9.17) is 0 Å². The fourth-order valence-corrected chi connectivity index (χ4v) is 2.16. The van der Waals surface area contributed by atoms with E-state index in [9.17, 15) is 18.3 Å². The lowest BCUT2D eigenvalue weighted by Gasteiger charge is -2.16. The zero-order chi connectivity index (χ0) is 15.6. The number of aliphatic hydroxyl groups excluding tert-OH is 1. The summed E-state index contributed by atoms with van der Waals surface area (Å²) in [5, 5.41) is 10.2. The molecule has 1 heterocycles. The average Bonchev–Trinajstić information content (AvgIpc) is 2.87. The van der Waals surface area contributed by atoms with Gasteiger partial charge in [-0.3, -0.25) is 0 Å². The van der Waals surface area contributed by atoms with Crippen LogP contribution in [-0.4, -0.2) is 14.7 Å². The summed E-state index contributed by atoms with van der Waals surface area (Å²) in [6.45, 7) is 3.94. The molecule has 1 aromatic carbocycles. The molecule has 0 aliphatic carbocycles. The molecule has 0 aliphatic rings. The van der Waals surface area contributed by atoms with Crippen LogP contribution in [-0.2, 0) is 12.6 Å². The Morgan fingerprint density at radius 1 is 1.19 bits per heavy atom. The molecule has 0 aliphatic heterocycles. The molecule has 1 unspecified atom stereocenters. The van der Waals surface area contributed by atoms with Gasteiger partial charge in [-0.1, -0.05) is 12.1 Å². The Hall–Kier alpha value is -1.82. The SMILES string of the molecule is CC(C)n1cncc1C(O)Cc1ccc(C(F)(F)F)cc1. The zero-order valence-electron chi connectivity index (χ0n) is 11.8. The van der Waals surface area contributed by atoms with E-state index in [1.54, 1.807) is 12.5 Å². The van der Waals surface area contributed by atoms with Gasteiger partial charge >= 0.3 is 6.18 Å². The molecule has 21 heavy (non-hydrogen) atoms. The Labute approximate surface area is 121 Å². The maximum absolute atomic E-state index is 12.5. The lowest BCUT2D eigenvalue weighted by Crippen LogP contribution is -2.11. The maximum Gasteiger partial charge on any atom is 0.416 e. The fraction of sp³-hybridized carbons (Fsp3) is 0.400. The van der Waals surface area contributed by atoms with Gasteiger partial charge in [0, 0.05) is 12.5 Å². The van der Waals surface area contributed by atoms with Gasteiger partial charge in [-0.2, -0.15) is 13.2 Å². The third kappa shape index (κ3) is 3.64. The highest BCUT2D eigenvalue weighted by atomic mass is 19.4. The first-order valence-electron chi connectivity index (χ1n) is 6.65. The Balaban J connectivity index is 2.12. The predicted octanol–water partition coefficient (Wildman–Crippen LogP) is 3.76. The summed E-state index contributed by atoms with van der Waals surface area (Å²) in [4.78, 5) is 4.01. The first kappa shape index (κ1) is 15.6. The second-order valence-corrected chi connectivity index (χ2v) is 5.23. The minimum Gasteiger partial charge on any atom is -0.386 e. The third-order valence-electron chi connectivity index (χ3n) is 3.30. The van der Waals surface area contributed by atoms with Crippen LogP contribution in [0.2, 0.25) is 0 Å². The monoisotopic (exact) mass is 298 g/mol. The summed E-state index contributed by atoms with van der Waals surface area (Å²) in [5.41, 5.74) is 0.616. The smallest absolute Gasteiger partial charge is 0.386 e. The molecule has 0 saturated heterocycles. The third-order valence-corrected chi connectivity index (χ3v) is 3.30. The normalized spacial score (nSPS) is 13.7. The molecular formula is C15H17F3N2O. The zero-order valence-corrected chi connectivity index (χ0v) is 11.8. The molecule has 0 bridgehead atoms. The van der Waals surface area contributed by atoms with Crippen LogP contribution in [0.5, 0.6) is 0 Å². The summed E-state index contributed by atoms with van der Waals surface area (Å²) in [7, 11) is 0. The number of hydrogen-bond acceptors (Lipinski definition) is 2. The minimum atomic E-state index is -4.34. The molecule has 114 valence electrons. The lowest BCUT2D eigenvalue weighted by atomic mass is 10.0. The summed E-state index contributed by atoms with van der Waals surface area (Å²) in [6.07, 6.45) is -1.68. The van der Waals surface area contributed by atoms with E-state index < -0.39 is 17.8 Å². The molecule has 1 atom stereocenters. The van der Waals surface area contributed by atoms with E-state index in [-0.39, 0.29) is 12.5 Å². The lowest BCUT2D eigenvalue weighted by molar-refractivity contribution is -0.137. The van der Waals surface area contributed by atoms with Crippen molar-refractivity contribution in [1.82, 2.24) is 9.55 Å². The molecule has 3 nitrogen and oxygen atoms in total. The number of hydrogen-bond donors (Lipinski definition) is 1.